The predicted molar refractivity (Wildman–Crippen MR) is 52.4 cm³/mol. The minimum absolute atomic E-state index is 0.0251. The molecule has 0 atom stereocenters. The van der Waals surface area contributed by atoms with Crippen molar-refractivity contribution in [1.29, 1.82) is 0 Å². The Morgan fingerprint density at radius 3 is 3.00 bits per heavy atom. The SMILES string of the molecule is ON=C(Cl)c1c[nH]c2cc(F)ccc12. The lowest BCUT2D eigenvalue weighted by Gasteiger charge is -1.93. The van der Waals surface area contributed by atoms with Crippen molar-refractivity contribution in [2.75, 3.05) is 0 Å². The minimum atomic E-state index is -0.331. The number of benzene rings is 1. The van der Waals surface area contributed by atoms with Gasteiger partial charge in [-0.1, -0.05) is 16.8 Å². The fourth-order valence-electron chi connectivity index (χ4n) is 1.32. The zero-order valence-electron chi connectivity index (χ0n) is 6.96. The normalized spacial score (nSPS) is 12.3. The highest BCUT2D eigenvalue weighted by Gasteiger charge is 2.08. The molecule has 0 aliphatic heterocycles. The second kappa shape index (κ2) is 3.31. The Morgan fingerprint density at radius 1 is 1.50 bits per heavy atom. The minimum Gasteiger partial charge on any atom is -0.410 e. The van der Waals surface area contributed by atoms with Crippen LogP contribution in [0.15, 0.2) is 29.6 Å². The van der Waals surface area contributed by atoms with Gasteiger partial charge in [-0.15, -0.1) is 0 Å². The van der Waals surface area contributed by atoms with Crippen LogP contribution in [0.3, 0.4) is 0 Å². The fraction of sp³-hybridized carbons (Fsp3) is 0. The predicted octanol–water partition coefficient (Wildman–Crippen LogP) is 2.68. The number of halogens is 2. The lowest BCUT2D eigenvalue weighted by Crippen LogP contribution is -1.88. The molecular weight excluding hydrogens is 207 g/mol. The largest absolute Gasteiger partial charge is 0.410 e. The summed E-state index contributed by atoms with van der Waals surface area (Å²) in [6.07, 6.45) is 1.56. The van der Waals surface area contributed by atoms with E-state index in [1.165, 1.54) is 12.1 Å². The summed E-state index contributed by atoms with van der Waals surface area (Å²) in [5.74, 6) is -0.331. The molecule has 0 aliphatic rings. The van der Waals surface area contributed by atoms with Gasteiger partial charge in [-0.2, -0.15) is 0 Å². The Bertz CT molecular complexity index is 506. The Morgan fingerprint density at radius 2 is 2.29 bits per heavy atom. The zero-order chi connectivity index (χ0) is 10.1. The van der Waals surface area contributed by atoms with E-state index in [9.17, 15) is 4.39 Å². The third-order valence-corrected chi connectivity index (χ3v) is 2.23. The van der Waals surface area contributed by atoms with Gasteiger partial charge in [0.1, 0.15) is 5.82 Å². The number of aromatic amines is 1. The summed E-state index contributed by atoms with van der Waals surface area (Å²) in [6.45, 7) is 0. The number of hydrogen-bond acceptors (Lipinski definition) is 2. The lowest BCUT2D eigenvalue weighted by molar-refractivity contribution is 0.321. The van der Waals surface area contributed by atoms with Crippen LogP contribution in [0.5, 0.6) is 0 Å². The maximum atomic E-state index is 12.8. The topological polar surface area (TPSA) is 48.4 Å². The number of H-pyrrole nitrogens is 1. The number of fused-ring (bicyclic) bond motifs is 1. The van der Waals surface area contributed by atoms with E-state index in [4.69, 9.17) is 16.8 Å². The molecule has 3 nitrogen and oxygen atoms in total. The van der Waals surface area contributed by atoms with Crippen molar-refractivity contribution in [3.8, 4) is 0 Å². The molecule has 2 rings (SSSR count). The van der Waals surface area contributed by atoms with Gasteiger partial charge in [-0.3, -0.25) is 0 Å². The van der Waals surface area contributed by atoms with Crippen molar-refractivity contribution >= 4 is 27.7 Å². The highest BCUT2D eigenvalue weighted by atomic mass is 35.5. The maximum Gasteiger partial charge on any atom is 0.177 e. The molecule has 0 amide bonds. The van der Waals surface area contributed by atoms with Crippen LogP contribution in [-0.2, 0) is 0 Å². The Hall–Kier alpha value is -1.55. The molecule has 1 heterocycles. The lowest BCUT2D eigenvalue weighted by atomic mass is 10.2. The first kappa shape index (κ1) is 9.02. The molecule has 0 unspecified atom stereocenters. The quantitative estimate of drug-likeness (QED) is 0.426. The van der Waals surface area contributed by atoms with Crippen LogP contribution in [0.1, 0.15) is 5.56 Å². The number of oxime groups is 1. The molecule has 2 aromatic rings. The van der Waals surface area contributed by atoms with Crippen molar-refractivity contribution in [3.63, 3.8) is 0 Å². The van der Waals surface area contributed by atoms with Crippen LogP contribution >= 0.6 is 11.6 Å². The highest BCUT2D eigenvalue weighted by molar-refractivity contribution is 6.70. The van der Waals surface area contributed by atoms with Crippen molar-refractivity contribution < 1.29 is 9.60 Å². The molecule has 0 saturated heterocycles. The molecule has 0 bridgehead atoms. The molecule has 1 aromatic carbocycles. The summed E-state index contributed by atoms with van der Waals surface area (Å²) in [5, 5.41) is 12.1. The molecule has 5 heteroatoms. The first-order valence-corrected chi connectivity index (χ1v) is 4.24. The molecule has 14 heavy (non-hydrogen) atoms. The third kappa shape index (κ3) is 1.33. The summed E-state index contributed by atoms with van der Waals surface area (Å²) in [6, 6.07) is 4.24. The second-order valence-corrected chi connectivity index (χ2v) is 3.14. The molecule has 0 fully saturated rings. The molecule has 0 spiro atoms. The van der Waals surface area contributed by atoms with Gasteiger partial charge in [-0.25, -0.2) is 4.39 Å². The molecule has 2 N–H and O–H groups in total. The van der Waals surface area contributed by atoms with E-state index in [1.807, 2.05) is 0 Å². The smallest absolute Gasteiger partial charge is 0.177 e. The van der Waals surface area contributed by atoms with E-state index < -0.39 is 0 Å². The van der Waals surface area contributed by atoms with Crippen LogP contribution in [-0.4, -0.2) is 15.4 Å². The summed E-state index contributed by atoms with van der Waals surface area (Å²) in [4.78, 5) is 2.83. The van der Waals surface area contributed by atoms with Gasteiger partial charge in [0.05, 0.1) is 0 Å². The molecule has 0 saturated carbocycles. The second-order valence-electron chi connectivity index (χ2n) is 2.78. The summed E-state index contributed by atoms with van der Waals surface area (Å²) < 4.78 is 12.8. The number of nitrogens with one attached hydrogen (secondary N) is 1. The number of rotatable bonds is 1. The average molecular weight is 213 g/mol. The van der Waals surface area contributed by atoms with Gasteiger partial charge in [0.25, 0.3) is 0 Å². The van der Waals surface area contributed by atoms with Crippen molar-refractivity contribution in [1.82, 2.24) is 4.98 Å². The summed E-state index contributed by atoms with van der Waals surface area (Å²) in [7, 11) is 0. The number of aromatic nitrogens is 1. The Labute approximate surface area is 83.8 Å². The van der Waals surface area contributed by atoms with Gasteiger partial charge in [-0.05, 0) is 18.2 Å². The maximum absolute atomic E-state index is 12.8. The number of nitrogens with zero attached hydrogens (tertiary/aromatic N) is 1. The van der Waals surface area contributed by atoms with E-state index in [0.717, 1.165) is 0 Å². The number of hydrogen-bond donors (Lipinski definition) is 2. The summed E-state index contributed by atoms with van der Waals surface area (Å²) >= 11 is 5.64. The van der Waals surface area contributed by atoms with Crippen LogP contribution in [0, 0.1) is 5.82 Å². The van der Waals surface area contributed by atoms with E-state index in [0.29, 0.717) is 16.5 Å². The first-order valence-electron chi connectivity index (χ1n) is 3.87. The molecule has 1 aromatic heterocycles. The van der Waals surface area contributed by atoms with E-state index in [1.54, 1.807) is 12.3 Å². The third-order valence-electron chi connectivity index (χ3n) is 1.95. The first-order chi connectivity index (χ1) is 6.72. The fourth-order valence-corrected chi connectivity index (χ4v) is 1.48. The van der Waals surface area contributed by atoms with Gasteiger partial charge in [0, 0.05) is 22.7 Å². The van der Waals surface area contributed by atoms with E-state index >= 15 is 0 Å². The zero-order valence-corrected chi connectivity index (χ0v) is 7.72. The Kier molecular flexibility index (Phi) is 2.13. The van der Waals surface area contributed by atoms with E-state index in [2.05, 4.69) is 10.1 Å². The van der Waals surface area contributed by atoms with Crippen LogP contribution < -0.4 is 0 Å². The highest BCUT2D eigenvalue weighted by Crippen LogP contribution is 2.20. The van der Waals surface area contributed by atoms with Crippen LogP contribution in [0.2, 0.25) is 0 Å². The molecule has 0 radical (unpaired) electrons. The van der Waals surface area contributed by atoms with Crippen molar-refractivity contribution in [2.24, 2.45) is 5.16 Å². The molecule has 0 aliphatic carbocycles. The summed E-state index contributed by atoms with van der Waals surface area (Å²) in [5.41, 5.74) is 1.16. The average Bonchev–Trinajstić information content (AvgIpc) is 2.59. The van der Waals surface area contributed by atoms with Gasteiger partial charge in [0.2, 0.25) is 0 Å². The van der Waals surface area contributed by atoms with E-state index in [-0.39, 0.29) is 11.0 Å². The van der Waals surface area contributed by atoms with Crippen LogP contribution in [0.25, 0.3) is 10.9 Å². The van der Waals surface area contributed by atoms with Crippen molar-refractivity contribution in [2.45, 2.75) is 0 Å². The molecule has 72 valence electrons. The van der Waals surface area contributed by atoms with Gasteiger partial charge < -0.3 is 10.2 Å². The van der Waals surface area contributed by atoms with Crippen LogP contribution in [0.4, 0.5) is 4.39 Å². The molecular formula is C9H6ClFN2O. The standard InChI is InChI=1S/C9H6ClFN2O/c10-9(13-14)7-4-12-8-3-5(11)1-2-6(7)8/h1-4,12,14H. The Balaban J connectivity index is 2.70. The van der Waals surface area contributed by atoms with Gasteiger partial charge >= 0.3 is 0 Å². The van der Waals surface area contributed by atoms with Gasteiger partial charge in [0.15, 0.2) is 5.17 Å². The van der Waals surface area contributed by atoms with Crippen molar-refractivity contribution in [3.05, 3.63) is 35.8 Å². The monoisotopic (exact) mass is 212 g/mol.